The Kier molecular flexibility index (Phi) is 6.05. The van der Waals surface area contributed by atoms with Crippen LogP contribution in [0.2, 0.25) is 0 Å². The zero-order valence-corrected chi connectivity index (χ0v) is 15.7. The van der Waals surface area contributed by atoms with Crippen molar-refractivity contribution in [3.8, 4) is 5.75 Å². The molecular formula is C19H25N5O3. The summed E-state index contributed by atoms with van der Waals surface area (Å²) in [5, 5.41) is 10.9. The molecule has 0 aliphatic carbocycles. The van der Waals surface area contributed by atoms with E-state index in [4.69, 9.17) is 4.74 Å². The predicted octanol–water partition coefficient (Wildman–Crippen LogP) is 1.66. The van der Waals surface area contributed by atoms with Gasteiger partial charge < -0.3 is 15.0 Å². The summed E-state index contributed by atoms with van der Waals surface area (Å²) in [6.45, 7) is 5.03. The molecule has 2 aromatic rings. The number of benzene rings is 1. The molecule has 1 aliphatic rings. The molecule has 1 saturated heterocycles. The van der Waals surface area contributed by atoms with Crippen molar-refractivity contribution in [1.29, 1.82) is 0 Å². The van der Waals surface area contributed by atoms with E-state index in [9.17, 15) is 9.59 Å². The maximum Gasteiger partial charge on any atom is 0.273 e. The van der Waals surface area contributed by atoms with Crippen molar-refractivity contribution < 1.29 is 14.3 Å². The normalized spacial score (nSPS) is 17.0. The van der Waals surface area contributed by atoms with Gasteiger partial charge in [-0.2, -0.15) is 0 Å². The first-order valence-electron chi connectivity index (χ1n) is 9.21. The van der Waals surface area contributed by atoms with Gasteiger partial charge in [0.1, 0.15) is 5.75 Å². The molecule has 8 heteroatoms. The number of piperidine rings is 1. The van der Waals surface area contributed by atoms with Crippen LogP contribution in [0.25, 0.3) is 0 Å². The number of ether oxygens (including phenoxy) is 1. The van der Waals surface area contributed by atoms with Crippen molar-refractivity contribution >= 4 is 11.8 Å². The van der Waals surface area contributed by atoms with E-state index in [2.05, 4.69) is 15.6 Å². The topological polar surface area (TPSA) is 89.4 Å². The fraction of sp³-hybridized carbons (Fsp3) is 0.474. The van der Waals surface area contributed by atoms with Gasteiger partial charge in [0.05, 0.1) is 12.2 Å². The Morgan fingerprint density at radius 1 is 1.30 bits per heavy atom. The number of carbonyl (C=O) groups is 2. The molecule has 0 unspecified atom stereocenters. The fourth-order valence-electron chi connectivity index (χ4n) is 3.05. The van der Waals surface area contributed by atoms with E-state index in [1.165, 1.54) is 0 Å². The summed E-state index contributed by atoms with van der Waals surface area (Å²) in [5.74, 6) is 0.384. The van der Waals surface area contributed by atoms with Crippen LogP contribution in [-0.4, -0.2) is 57.4 Å². The zero-order chi connectivity index (χ0) is 19.2. The third-order valence-electron chi connectivity index (χ3n) is 4.39. The molecule has 0 bridgehead atoms. The molecule has 1 aromatic heterocycles. The molecule has 1 fully saturated rings. The van der Waals surface area contributed by atoms with E-state index < -0.39 is 0 Å². The summed E-state index contributed by atoms with van der Waals surface area (Å²) in [7, 11) is 0. The van der Waals surface area contributed by atoms with E-state index in [0.29, 0.717) is 24.5 Å². The van der Waals surface area contributed by atoms with Crippen LogP contribution in [0.4, 0.5) is 0 Å². The van der Waals surface area contributed by atoms with Crippen LogP contribution in [0.3, 0.4) is 0 Å². The number of likely N-dealkylation sites (tertiary alicyclic amines) is 1. The highest BCUT2D eigenvalue weighted by atomic mass is 16.5. The summed E-state index contributed by atoms with van der Waals surface area (Å²) >= 11 is 0. The predicted molar refractivity (Wildman–Crippen MR) is 99.4 cm³/mol. The lowest BCUT2D eigenvalue weighted by Crippen LogP contribution is -2.43. The minimum atomic E-state index is -0.240. The lowest BCUT2D eigenvalue weighted by Gasteiger charge is -2.32. The summed E-state index contributed by atoms with van der Waals surface area (Å²) in [6.07, 6.45) is 3.41. The third kappa shape index (κ3) is 5.06. The van der Waals surface area contributed by atoms with Crippen LogP contribution >= 0.6 is 0 Å². The number of rotatable bonds is 6. The summed E-state index contributed by atoms with van der Waals surface area (Å²) in [4.78, 5) is 26.3. The Labute approximate surface area is 158 Å². The molecule has 1 aromatic carbocycles. The summed E-state index contributed by atoms with van der Waals surface area (Å²) < 4.78 is 7.24. The maximum absolute atomic E-state index is 12.5. The number of nitrogens with one attached hydrogen (secondary N) is 1. The number of hydrogen-bond donors (Lipinski definition) is 1. The molecule has 2 heterocycles. The number of para-hydroxylation sites is 1. The van der Waals surface area contributed by atoms with Crippen LogP contribution in [0.15, 0.2) is 36.5 Å². The van der Waals surface area contributed by atoms with Crippen LogP contribution in [0, 0.1) is 0 Å². The lowest BCUT2D eigenvalue weighted by atomic mass is 10.1. The van der Waals surface area contributed by atoms with Crippen LogP contribution < -0.4 is 10.1 Å². The quantitative estimate of drug-likeness (QED) is 0.834. The molecule has 3 rings (SSSR count). The summed E-state index contributed by atoms with van der Waals surface area (Å²) in [5.41, 5.74) is 0.291. The number of nitrogens with zero attached hydrogens (tertiary/aromatic N) is 4. The number of aromatic nitrogens is 3. The number of hydrogen-bond acceptors (Lipinski definition) is 5. The van der Waals surface area contributed by atoms with Gasteiger partial charge in [0, 0.05) is 19.1 Å². The highest BCUT2D eigenvalue weighted by Crippen LogP contribution is 2.21. The van der Waals surface area contributed by atoms with Gasteiger partial charge in [0.25, 0.3) is 11.8 Å². The van der Waals surface area contributed by atoms with Crippen molar-refractivity contribution in [2.45, 2.75) is 38.8 Å². The van der Waals surface area contributed by atoms with Gasteiger partial charge in [0.15, 0.2) is 12.3 Å². The van der Waals surface area contributed by atoms with Gasteiger partial charge in [-0.3, -0.25) is 9.59 Å². The molecule has 0 radical (unpaired) electrons. The fourth-order valence-corrected chi connectivity index (χ4v) is 3.05. The zero-order valence-electron chi connectivity index (χ0n) is 15.7. The van der Waals surface area contributed by atoms with Gasteiger partial charge in [-0.1, -0.05) is 23.4 Å². The molecule has 1 N–H and O–H groups in total. The molecule has 1 atom stereocenters. The molecule has 144 valence electrons. The first-order valence-corrected chi connectivity index (χ1v) is 9.21. The number of carbonyl (C=O) groups excluding carboxylic acids is 2. The van der Waals surface area contributed by atoms with Crippen molar-refractivity contribution in [2.75, 3.05) is 19.7 Å². The second kappa shape index (κ2) is 8.66. The Morgan fingerprint density at radius 2 is 2.07 bits per heavy atom. The molecule has 0 saturated carbocycles. The van der Waals surface area contributed by atoms with Crippen molar-refractivity contribution in [3.63, 3.8) is 0 Å². The van der Waals surface area contributed by atoms with Gasteiger partial charge >= 0.3 is 0 Å². The SMILES string of the molecule is CC(C)NC(=O)c1cn([C@@H]2CCCN(C(=O)COc3ccccc3)C2)nn1. The highest BCUT2D eigenvalue weighted by molar-refractivity contribution is 5.92. The Hall–Kier alpha value is -2.90. The smallest absolute Gasteiger partial charge is 0.273 e. The minimum Gasteiger partial charge on any atom is -0.484 e. The molecule has 2 amide bonds. The van der Waals surface area contributed by atoms with Gasteiger partial charge in [-0.25, -0.2) is 4.68 Å². The maximum atomic E-state index is 12.5. The largest absolute Gasteiger partial charge is 0.484 e. The van der Waals surface area contributed by atoms with Gasteiger partial charge in [-0.05, 0) is 38.8 Å². The van der Waals surface area contributed by atoms with Crippen molar-refractivity contribution in [3.05, 3.63) is 42.2 Å². The Bertz CT molecular complexity index is 775. The molecule has 27 heavy (non-hydrogen) atoms. The first-order chi connectivity index (χ1) is 13.0. The van der Waals surface area contributed by atoms with Gasteiger partial charge in [-0.15, -0.1) is 5.10 Å². The molecular weight excluding hydrogens is 346 g/mol. The van der Waals surface area contributed by atoms with E-state index in [-0.39, 0.29) is 30.5 Å². The monoisotopic (exact) mass is 371 g/mol. The van der Waals surface area contributed by atoms with Crippen molar-refractivity contribution in [1.82, 2.24) is 25.2 Å². The number of amides is 2. The van der Waals surface area contributed by atoms with Crippen molar-refractivity contribution in [2.24, 2.45) is 0 Å². The van der Waals surface area contributed by atoms with Crippen LogP contribution in [0.5, 0.6) is 5.75 Å². The van der Waals surface area contributed by atoms with Gasteiger partial charge in [0.2, 0.25) is 0 Å². The van der Waals surface area contributed by atoms with E-state index >= 15 is 0 Å². The van der Waals surface area contributed by atoms with E-state index in [0.717, 1.165) is 12.8 Å². The highest BCUT2D eigenvalue weighted by Gasteiger charge is 2.26. The molecule has 8 nitrogen and oxygen atoms in total. The Morgan fingerprint density at radius 3 is 2.81 bits per heavy atom. The second-order valence-electron chi connectivity index (χ2n) is 6.95. The van der Waals surface area contributed by atoms with E-state index in [1.54, 1.807) is 15.8 Å². The third-order valence-corrected chi connectivity index (χ3v) is 4.39. The standard InChI is InChI=1S/C19H25N5O3/c1-14(2)20-19(26)17-12-24(22-21-17)15-7-6-10-23(11-15)18(25)13-27-16-8-4-3-5-9-16/h3-5,8-9,12,14-15H,6-7,10-11,13H2,1-2H3,(H,20,26)/t15-/m1/s1. The molecule has 0 spiro atoms. The lowest BCUT2D eigenvalue weighted by molar-refractivity contribution is -0.135. The minimum absolute atomic E-state index is 0.00697. The Balaban J connectivity index is 1.56. The average Bonchev–Trinajstić information content (AvgIpc) is 3.17. The summed E-state index contributed by atoms with van der Waals surface area (Å²) in [6, 6.07) is 9.33. The average molecular weight is 371 g/mol. The van der Waals surface area contributed by atoms with Crippen LogP contribution in [0.1, 0.15) is 43.2 Å². The van der Waals surface area contributed by atoms with Crippen LogP contribution in [-0.2, 0) is 4.79 Å². The second-order valence-corrected chi connectivity index (χ2v) is 6.95. The van der Waals surface area contributed by atoms with E-state index in [1.807, 2.05) is 44.2 Å². The molecule has 1 aliphatic heterocycles. The first kappa shape index (κ1) is 18.9.